The predicted octanol–water partition coefficient (Wildman–Crippen LogP) is 21.5. The van der Waals surface area contributed by atoms with Crippen LogP contribution in [0.5, 0.6) is 5.75 Å². The average molecular weight is 1750 g/mol. The lowest BCUT2D eigenvalue weighted by atomic mass is 9.99. The van der Waals surface area contributed by atoms with Gasteiger partial charge in [0.15, 0.2) is 58.0 Å². The molecule has 0 saturated carbocycles. The van der Waals surface area contributed by atoms with Gasteiger partial charge in [0.05, 0.1) is 28.3 Å². The Labute approximate surface area is 719 Å². The molecule has 0 spiro atoms. The maximum Gasteiger partial charge on any atom is 0.274 e. The van der Waals surface area contributed by atoms with E-state index in [1.54, 1.807) is 64.2 Å². The topological polar surface area (TPSA) is 182 Å². The number of nitrogens with zero attached hydrogens (tertiary/aromatic N) is 2. The molecule has 14 aromatic rings. The van der Waals surface area contributed by atoms with Crippen LogP contribution in [0, 0.1) is 59.3 Å². The van der Waals surface area contributed by atoms with Crippen molar-refractivity contribution in [2.75, 3.05) is 26.0 Å². The van der Waals surface area contributed by atoms with Gasteiger partial charge in [-0.15, -0.1) is 58.0 Å². The summed E-state index contributed by atoms with van der Waals surface area (Å²) in [7, 11) is 0. The molecule has 0 bridgehead atoms. The minimum absolute atomic E-state index is 0.0169. The van der Waals surface area contributed by atoms with E-state index in [1.807, 2.05) is 170 Å². The number of amides is 1. The van der Waals surface area contributed by atoms with Gasteiger partial charge in [0.2, 0.25) is 5.43 Å². The first-order valence-corrected chi connectivity index (χ1v) is 43.1. The number of aliphatic hydroxyl groups excluding tert-OH is 6. The van der Waals surface area contributed by atoms with Crippen LogP contribution in [0.4, 0.5) is 39.5 Å². The number of thiophene rings is 2. The number of ether oxygens (including phenoxy) is 2. The fraction of sp³-hybridized carbons (Fsp3) is 0.167. The monoisotopic (exact) mass is 1750 g/mol. The van der Waals surface area contributed by atoms with E-state index in [2.05, 4.69) is 0 Å². The highest BCUT2D eigenvalue weighted by molar-refractivity contribution is 8.00. The summed E-state index contributed by atoms with van der Waals surface area (Å²) >= 11 is 7.31. The van der Waals surface area contributed by atoms with Gasteiger partial charge in [0, 0.05) is 63.3 Å². The summed E-state index contributed by atoms with van der Waals surface area (Å²) in [5.41, 5.74) is 9.83. The third kappa shape index (κ3) is 22.7. The number of pyridine rings is 1. The molecule has 0 aliphatic carbocycles. The first-order chi connectivity index (χ1) is 59.0. The number of aryl methyl sites for hydroxylation is 1. The number of rotatable bonds is 12. The summed E-state index contributed by atoms with van der Waals surface area (Å²) < 4.78 is 132. The highest BCUT2D eigenvalue weighted by Crippen LogP contribution is 2.45. The maximum atomic E-state index is 13.7. The molecule has 18 rings (SSSR count). The van der Waals surface area contributed by atoms with Crippen LogP contribution in [0.3, 0.4) is 0 Å². The molecule has 1 saturated heterocycles. The van der Waals surface area contributed by atoms with Crippen molar-refractivity contribution >= 4 is 63.9 Å². The molecule has 5 unspecified atom stereocenters. The van der Waals surface area contributed by atoms with E-state index in [1.165, 1.54) is 100 Å². The van der Waals surface area contributed by atoms with Crippen molar-refractivity contribution in [1.29, 1.82) is 0 Å². The Morgan fingerprint density at radius 2 is 0.959 bits per heavy atom. The van der Waals surface area contributed by atoms with Gasteiger partial charge in [-0.25, -0.2) is 39.5 Å². The van der Waals surface area contributed by atoms with Gasteiger partial charge in [-0.05, 0) is 152 Å². The Morgan fingerprint density at radius 3 is 1.52 bits per heavy atom. The van der Waals surface area contributed by atoms with Crippen molar-refractivity contribution in [2.24, 2.45) is 0 Å². The second kappa shape index (κ2) is 43.3. The van der Waals surface area contributed by atoms with Gasteiger partial charge in [0.1, 0.15) is 49.0 Å². The van der Waals surface area contributed by atoms with E-state index < -0.39 is 83.2 Å². The van der Waals surface area contributed by atoms with Crippen molar-refractivity contribution in [3.8, 4) is 5.75 Å². The van der Waals surface area contributed by atoms with Gasteiger partial charge in [-0.1, -0.05) is 206 Å². The van der Waals surface area contributed by atoms with E-state index in [4.69, 9.17) is 9.47 Å². The molecule has 12 nitrogen and oxygen atoms in total. The number of carbonyl (C=O) groups is 1. The van der Waals surface area contributed by atoms with Crippen LogP contribution in [0.25, 0.3) is 0 Å². The van der Waals surface area contributed by atoms with Crippen LogP contribution in [0.1, 0.15) is 135 Å². The van der Waals surface area contributed by atoms with E-state index >= 15 is 0 Å². The summed E-state index contributed by atoms with van der Waals surface area (Å²) in [6, 6.07) is 75.7. The Bertz CT molecular complexity index is 5680. The number of benzene rings is 11. The van der Waals surface area contributed by atoms with Crippen molar-refractivity contribution in [3.63, 3.8) is 0 Å². The van der Waals surface area contributed by atoms with Crippen LogP contribution < -0.4 is 10.2 Å². The molecular weight excluding hydrogens is 1670 g/mol. The second-order valence-electron chi connectivity index (χ2n) is 28.0. The molecule has 26 heteroatoms. The Balaban J connectivity index is 0.000000131. The smallest absolute Gasteiger partial charge is 0.274 e. The molecule has 6 N–H and O–H groups in total. The summed E-state index contributed by atoms with van der Waals surface area (Å²) in [5, 5.41) is 64.4. The predicted molar refractivity (Wildman–Crippen MR) is 460 cm³/mol. The third-order valence-electron chi connectivity index (χ3n) is 20.0. The largest absolute Gasteiger partial charge is 0.483 e. The zero-order valence-corrected chi connectivity index (χ0v) is 69.4. The third-order valence-corrected chi connectivity index (χ3v) is 25.3. The fourth-order valence-corrected chi connectivity index (χ4v) is 18.4. The van der Waals surface area contributed by atoms with Crippen molar-refractivity contribution < 1.29 is 84.4 Å². The summed E-state index contributed by atoms with van der Waals surface area (Å²) in [4.78, 5) is 29.6. The van der Waals surface area contributed by atoms with Crippen molar-refractivity contribution in [1.82, 2.24) is 9.47 Å². The van der Waals surface area contributed by atoms with Gasteiger partial charge >= 0.3 is 0 Å². The van der Waals surface area contributed by atoms with Gasteiger partial charge in [-0.2, -0.15) is 0 Å². The molecule has 1 amide bonds. The van der Waals surface area contributed by atoms with Crippen LogP contribution in [0.2, 0.25) is 0 Å². The molecule has 7 heterocycles. The van der Waals surface area contributed by atoms with Crippen molar-refractivity contribution in [3.05, 3.63) is 447 Å². The van der Waals surface area contributed by atoms with E-state index in [0.29, 0.717) is 82.4 Å². The first kappa shape index (κ1) is 90.4. The van der Waals surface area contributed by atoms with Crippen LogP contribution >= 0.6 is 58.0 Å². The SMILES string of the molecule is CSc1ccccc1C(O)c1ccc(F)c(F)c1.Cc1ccc(C(O)c2ccc(F)cc2)cc1.O=C1c2c(OCc3ccccc3)c(=O)ccn2C[C@@H]2COCCN12.OC(c1ccccc1)c1ccc(F)c(F)c1.OC(c1ccccc1)c1ccccc1.OC1c2ccc(F)c(F)c2CSc2ccsc21.OC1c2ccsc2SCc2c1ccc(F)c2F. The second-order valence-corrected chi connectivity index (χ2v) is 32.9. The number of aromatic nitrogens is 1. The molecule has 11 aromatic carbocycles. The van der Waals surface area contributed by atoms with Crippen LogP contribution in [0.15, 0.2) is 309 Å². The lowest BCUT2D eigenvalue weighted by molar-refractivity contribution is -0.0141. The maximum absolute atomic E-state index is 13.7. The normalized spacial score (nSPS) is 15.3. The zero-order valence-electron chi connectivity index (χ0n) is 65.4. The van der Waals surface area contributed by atoms with Gasteiger partial charge in [-0.3, -0.25) is 9.59 Å². The number of hydrogen-bond donors (Lipinski definition) is 6. The number of aliphatic hydroxyl groups is 6. The average Bonchev–Trinajstić information content (AvgIpc) is 0.858. The number of thioether (sulfide) groups is 3. The van der Waals surface area contributed by atoms with Crippen molar-refractivity contribution in [2.45, 2.75) is 88.2 Å². The molecule has 628 valence electrons. The Morgan fingerprint density at radius 1 is 0.484 bits per heavy atom. The quantitative estimate of drug-likeness (QED) is 0.0503. The summed E-state index contributed by atoms with van der Waals surface area (Å²) in [6.45, 7) is 4.46. The lowest BCUT2D eigenvalue weighted by Crippen LogP contribution is -2.54. The van der Waals surface area contributed by atoms with E-state index in [-0.39, 0.29) is 46.7 Å². The molecule has 122 heavy (non-hydrogen) atoms. The zero-order chi connectivity index (χ0) is 86.5. The number of morpholine rings is 1. The first-order valence-electron chi connectivity index (χ1n) is 38.2. The molecule has 0 radical (unpaired) electrons. The minimum atomic E-state index is -0.955. The summed E-state index contributed by atoms with van der Waals surface area (Å²) in [5.74, 6) is -6.75. The minimum Gasteiger partial charge on any atom is -0.483 e. The fourth-order valence-electron chi connectivity index (χ4n) is 13.4. The lowest BCUT2D eigenvalue weighted by Gasteiger charge is -2.40. The number of carbonyl (C=O) groups excluding carboxylic acids is 1. The standard InChI is InChI=1S/C18H18N2O4.C14H12F2OS.C14H13FO.C13H10F2O.C13H12O.2C12H8F2OS2/c21-15-6-7-19-10-14-12-23-9-8-20(14)18(22)16(19)17(15)24-11-13-4-2-1-3-5-13;1-18-13-5-3-2-4-10(13)14(17)9-6-7-11(15)12(16)8-9;1-10-2-4-11(5-3-10)14(16)12-6-8-13(15)9-7-12;14-11-7-6-10(8-12(11)15)13(16)9-4-2-1-3-5-9;14-13(11-7-3-1-4-8-11)12-9-5-2-6-10-12;13-8-2-1-6-7(10(8)14)5-17-9-3-4-16-12(9)11(6)15;13-9-2-1-6-8(10(9)14)5-17-12-7(11(6)15)3-4-16-12/h1-7,14H,8-12H2;2-8,14,17H,1H3;2-9,14,16H,1H3;1-8,13,16H;1-10,13-14H;2*1-4,11,15H,5H2/t14-;;;;;;/m1....../s1. The Kier molecular flexibility index (Phi) is 32.1. The molecule has 1 fully saturated rings. The highest BCUT2D eigenvalue weighted by Gasteiger charge is 2.37. The molecule has 6 atom stereocenters. The van der Waals surface area contributed by atoms with E-state index in [9.17, 15) is 79.7 Å². The molecular formula is C96H81F9N2O10S5. The highest BCUT2D eigenvalue weighted by atomic mass is 32.2. The van der Waals surface area contributed by atoms with Gasteiger partial charge in [0.25, 0.3) is 5.91 Å². The van der Waals surface area contributed by atoms with E-state index in [0.717, 1.165) is 88.7 Å². The number of hydrogen-bond acceptors (Lipinski definition) is 15. The van der Waals surface area contributed by atoms with Crippen LogP contribution in [-0.4, -0.2) is 78.1 Å². The molecule has 3 aromatic heterocycles. The molecule has 4 aliphatic rings. The van der Waals surface area contributed by atoms with Crippen LogP contribution in [-0.2, 0) is 29.4 Å². The van der Waals surface area contributed by atoms with Gasteiger partial charge < -0.3 is 49.6 Å². The summed E-state index contributed by atoms with van der Waals surface area (Å²) in [6.07, 6.45) is -1.26. The molecule has 4 aliphatic heterocycles. The Hall–Kier alpha value is -10.8. The number of fused-ring (bicyclic) bond motifs is 6. The number of halogens is 9.